The maximum atomic E-state index is 12.8. The molecule has 10 nitrogen and oxygen atoms in total. The largest absolute Gasteiger partial charge is 0.462 e. The fraction of sp³-hybridized carbons (Fsp3) is 0.765. The van der Waals surface area contributed by atoms with Gasteiger partial charge in [-0.1, -0.05) is 184 Å². The molecule has 1 aliphatic heterocycles. The SMILES string of the molecule is CC/C=C/C=C/C=C/C=C/CCCCCC(=O)OC(COC(=O)CCCCCCCCC/C=C/CCCCCCCCCCCCCC)CO[C@H]1O[C@@H](CO)[C@@H](O)C(O)C1O. The maximum Gasteiger partial charge on any atom is 0.306 e. The van der Waals surface area contributed by atoms with Crippen molar-refractivity contribution in [2.45, 2.75) is 230 Å². The Balaban J connectivity index is 2.26. The highest BCUT2D eigenvalue weighted by atomic mass is 16.7. The third kappa shape index (κ3) is 32.7. The lowest BCUT2D eigenvalue weighted by molar-refractivity contribution is -0.305. The monoisotopic (exact) mass is 861 g/mol. The van der Waals surface area contributed by atoms with Crippen molar-refractivity contribution >= 4 is 11.9 Å². The zero-order chi connectivity index (χ0) is 44.4. The molecule has 0 saturated carbocycles. The standard InChI is InChI=1S/C51H88O10/c1-3-5-7-9-11-13-15-17-18-19-20-21-22-23-24-25-26-28-29-31-33-35-37-39-46(53)58-42-44(43-59-51-50(57)49(56)48(55)45(41-52)61-51)60-47(54)40-38-36-34-32-30-27-16-14-12-10-8-6-4-2/h6,8,10,12,14,16,23-24,27,30,44-45,48-52,55-57H,3-5,7,9,11,13,15,17-22,25-26,28-29,31-43H2,1-2H3/b8-6+,12-10+,16-14+,24-23+,30-27+/t44?,45-,48+,49?,50?,51-/m0/s1. The van der Waals surface area contributed by atoms with Crippen LogP contribution in [0.5, 0.6) is 0 Å². The van der Waals surface area contributed by atoms with E-state index in [0.29, 0.717) is 12.8 Å². The number of hydrogen-bond donors (Lipinski definition) is 4. The quantitative estimate of drug-likeness (QED) is 0.0203. The minimum absolute atomic E-state index is 0.181. The Kier molecular flexibility index (Phi) is 38.3. The number of esters is 2. The Morgan fingerprint density at radius 2 is 0.984 bits per heavy atom. The highest BCUT2D eigenvalue weighted by molar-refractivity contribution is 5.70. The van der Waals surface area contributed by atoms with E-state index in [0.717, 1.165) is 51.4 Å². The number of rotatable bonds is 40. The molecule has 61 heavy (non-hydrogen) atoms. The third-order valence-electron chi connectivity index (χ3n) is 11.0. The van der Waals surface area contributed by atoms with Gasteiger partial charge in [-0.15, -0.1) is 0 Å². The van der Waals surface area contributed by atoms with Gasteiger partial charge in [-0.2, -0.15) is 0 Å². The molecule has 0 aliphatic carbocycles. The number of ether oxygens (including phenoxy) is 4. The number of hydrogen-bond acceptors (Lipinski definition) is 10. The maximum absolute atomic E-state index is 12.8. The predicted molar refractivity (Wildman–Crippen MR) is 247 cm³/mol. The van der Waals surface area contributed by atoms with Crippen LogP contribution in [0.1, 0.15) is 194 Å². The molecule has 1 fully saturated rings. The summed E-state index contributed by atoms with van der Waals surface area (Å²) in [5, 5.41) is 40.1. The number of carbonyl (C=O) groups excluding carboxylic acids is 2. The van der Waals surface area contributed by atoms with Crippen molar-refractivity contribution in [2.24, 2.45) is 0 Å². The topological polar surface area (TPSA) is 152 Å². The molecule has 0 radical (unpaired) electrons. The summed E-state index contributed by atoms with van der Waals surface area (Å²) in [5.41, 5.74) is 0. The number of carbonyl (C=O) groups is 2. The van der Waals surface area contributed by atoms with Crippen LogP contribution in [0.2, 0.25) is 0 Å². The minimum Gasteiger partial charge on any atom is -0.462 e. The lowest BCUT2D eigenvalue weighted by Crippen LogP contribution is -2.59. The van der Waals surface area contributed by atoms with E-state index in [2.05, 4.69) is 38.2 Å². The first-order valence-corrected chi connectivity index (χ1v) is 24.4. The molecule has 10 heteroatoms. The molecule has 4 N–H and O–H groups in total. The summed E-state index contributed by atoms with van der Waals surface area (Å²) in [6.45, 7) is 3.24. The summed E-state index contributed by atoms with van der Waals surface area (Å²) in [6, 6.07) is 0. The van der Waals surface area contributed by atoms with E-state index in [-0.39, 0.29) is 26.1 Å². The summed E-state index contributed by atoms with van der Waals surface area (Å²) in [7, 11) is 0. The van der Waals surface area contributed by atoms with E-state index in [1.54, 1.807) is 0 Å². The second kappa shape index (κ2) is 41.4. The molecule has 1 saturated heterocycles. The van der Waals surface area contributed by atoms with Crippen LogP contribution >= 0.6 is 0 Å². The molecule has 0 bridgehead atoms. The normalized spacial score (nSPS) is 20.3. The zero-order valence-electron chi connectivity index (χ0n) is 38.4. The van der Waals surface area contributed by atoms with Crippen molar-refractivity contribution in [2.75, 3.05) is 19.8 Å². The minimum atomic E-state index is -1.61. The van der Waals surface area contributed by atoms with Crippen molar-refractivity contribution < 1.29 is 49.0 Å². The average Bonchev–Trinajstić information content (AvgIpc) is 3.26. The third-order valence-corrected chi connectivity index (χ3v) is 11.0. The van der Waals surface area contributed by atoms with Crippen LogP contribution in [0.15, 0.2) is 60.8 Å². The summed E-state index contributed by atoms with van der Waals surface area (Å²) in [5.74, 6) is -0.858. The fourth-order valence-corrected chi connectivity index (χ4v) is 7.13. The molecule has 0 spiro atoms. The van der Waals surface area contributed by atoms with Crippen molar-refractivity contribution in [1.29, 1.82) is 0 Å². The van der Waals surface area contributed by atoms with Crippen LogP contribution in [-0.4, -0.2) is 89.0 Å². The molecular formula is C51H88O10. The van der Waals surface area contributed by atoms with E-state index >= 15 is 0 Å². The zero-order valence-corrected chi connectivity index (χ0v) is 38.4. The molecule has 0 amide bonds. The summed E-state index contributed by atoms with van der Waals surface area (Å²) in [4.78, 5) is 25.3. The van der Waals surface area contributed by atoms with E-state index in [9.17, 15) is 30.0 Å². The Bertz CT molecular complexity index is 1180. The average molecular weight is 861 g/mol. The Hall–Kier alpha value is -2.60. The number of unbranched alkanes of at least 4 members (excludes halogenated alkanes) is 22. The molecule has 6 atom stereocenters. The molecule has 1 aliphatic rings. The molecule has 3 unspecified atom stereocenters. The molecule has 1 heterocycles. The van der Waals surface area contributed by atoms with Gasteiger partial charge in [0.05, 0.1) is 13.2 Å². The van der Waals surface area contributed by atoms with Gasteiger partial charge in [0.15, 0.2) is 12.4 Å². The number of aliphatic hydroxyl groups excluding tert-OH is 4. The lowest BCUT2D eigenvalue weighted by Gasteiger charge is -2.39. The molecule has 0 aromatic rings. The van der Waals surface area contributed by atoms with Gasteiger partial charge in [0.25, 0.3) is 0 Å². The highest BCUT2D eigenvalue weighted by Crippen LogP contribution is 2.23. The van der Waals surface area contributed by atoms with Crippen LogP contribution in [-0.2, 0) is 28.5 Å². The Labute approximate surface area is 370 Å². The first kappa shape index (κ1) is 56.4. The van der Waals surface area contributed by atoms with E-state index in [1.165, 1.54) is 103 Å². The first-order chi connectivity index (χ1) is 29.8. The van der Waals surface area contributed by atoms with Crippen LogP contribution in [0.3, 0.4) is 0 Å². The van der Waals surface area contributed by atoms with Crippen LogP contribution in [0.4, 0.5) is 0 Å². The highest BCUT2D eigenvalue weighted by Gasteiger charge is 2.44. The van der Waals surface area contributed by atoms with E-state index in [4.69, 9.17) is 18.9 Å². The second-order valence-electron chi connectivity index (χ2n) is 16.6. The summed E-state index contributed by atoms with van der Waals surface area (Å²) in [6.07, 6.45) is 43.9. The van der Waals surface area contributed by atoms with Gasteiger partial charge in [0.2, 0.25) is 0 Å². The van der Waals surface area contributed by atoms with Gasteiger partial charge in [-0.25, -0.2) is 0 Å². The first-order valence-electron chi connectivity index (χ1n) is 24.4. The van der Waals surface area contributed by atoms with Gasteiger partial charge in [-0.05, 0) is 57.8 Å². The van der Waals surface area contributed by atoms with Gasteiger partial charge < -0.3 is 39.4 Å². The summed E-state index contributed by atoms with van der Waals surface area (Å²) >= 11 is 0. The van der Waals surface area contributed by atoms with E-state index in [1.807, 2.05) is 36.5 Å². The number of allylic oxidation sites excluding steroid dienone is 10. The number of aliphatic hydroxyl groups is 4. The van der Waals surface area contributed by atoms with Crippen molar-refractivity contribution in [3.63, 3.8) is 0 Å². The van der Waals surface area contributed by atoms with E-state index < -0.39 is 55.4 Å². The molecule has 0 aromatic carbocycles. The van der Waals surface area contributed by atoms with Crippen molar-refractivity contribution in [3.8, 4) is 0 Å². The smallest absolute Gasteiger partial charge is 0.306 e. The Morgan fingerprint density at radius 1 is 0.525 bits per heavy atom. The van der Waals surface area contributed by atoms with Gasteiger partial charge in [0, 0.05) is 12.8 Å². The second-order valence-corrected chi connectivity index (χ2v) is 16.6. The van der Waals surface area contributed by atoms with Gasteiger partial charge >= 0.3 is 11.9 Å². The van der Waals surface area contributed by atoms with Crippen molar-refractivity contribution in [1.82, 2.24) is 0 Å². The fourth-order valence-electron chi connectivity index (χ4n) is 7.13. The molecular weight excluding hydrogens is 773 g/mol. The molecule has 1 rings (SSSR count). The van der Waals surface area contributed by atoms with Crippen LogP contribution < -0.4 is 0 Å². The predicted octanol–water partition coefficient (Wildman–Crippen LogP) is 11.0. The van der Waals surface area contributed by atoms with Gasteiger partial charge in [0.1, 0.15) is 31.0 Å². The lowest BCUT2D eigenvalue weighted by atomic mass is 9.99. The van der Waals surface area contributed by atoms with Gasteiger partial charge in [-0.3, -0.25) is 9.59 Å². The van der Waals surface area contributed by atoms with Crippen LogP contribution in [0, 0.1) is 0 Å². The summed E-state index contributed by atoms with van der Waals surface area (Å²) < 4.78 is 22.1. The molecule has 352 valence electrons. The van der Waals surface area contributed by atoms with Crippen molar-refractivity contribution in [3.05, 3.63) is 60.8 Å². The molecule has 0 aromatic heterocycles. The Morgan fingerprint density at radius 3 is 1.52 bits per heavy atom. The van der Waals surface area contributed by atoms with Crippen LogP contribution in [0.25, 0.3) is 0 Å².